The summed E-state index contributed by atoms with van der Waals surface area (Å²) >= 11 is 12.1. The number of methoxy groups -OCH3 is 1. The van der Waals surface area contributed by atoms with Crippen LogP contribution in [0.5, 0.6) is 5.75 Å². The van der Waals surface area contributed by atoms with E-state index in [2.05, 4.69) is 10.6 Å². The summed E-state index contributed by atoms with van der Waals surface area (Å²) in [6.07, 6.45) is 0. The van der Waals surface area contributed by atoms with E-state index in [9.17, 15) is 14.4 Å². The Balaban J connectivity index is 1.58. The highest BCUT2D eigenvalue weighted by Crippen LogP contribution is 2.35. The van der Waals surface area contributed by atoms with Crippen LogP contribution in [0.3, 0.4) is 0 Å². The average molecular weight is 526 g/mol. The second-order valence-electron chi connectivity index (χ2n) is 8.75. The van der Waals surface area contributed by atoms with E-state index in [0.29, 0.717) is 21.4 Å². The Morgan fingerprint density at radius 1 is 1.00 bits per heavy atom. The van der Waals surface area contributed by atoms with Gasteiger partial charge in [0.2, 0.25) is 5.91 Å². The van der Waals surface area contributed by atoms with Gasteiger partial charge >= 0.3 is 6.03 Å². The number of amides is 4. The number of halogens is 2. The van der Waals surface area contributed by atoms with Crippen molar-refractivity contribution in [2.75, 3.05) is 13.7 Å². The number of benzene rings is 3. The number of hydrogen-bond donors (Lipinski definition) is 2. The molecule has 4 rings (SSSR count). The molecular weight excluding hydrogens is 501 g/mol. The predicted octanol–water partition coefficient (Wildman–Crippen LogP) is 4.98. The number of hydrogen-bond acceptors (Lipinski definition) is 4. The predicted molar refractivity (Wildman–Crippen MR) is 138 cm³/mol. The van der Waals surface area contributed by atoms with E-state index < -0.39 is 36.0 Å². The van der Waals surface area contributed by atoms with Crippen LogP contribution in [-0.4, -0.2) is 36.4 Å². The molecule has 3 aromatic carbocycles. The lowest BCUT2D eigenvalue weighted by molar-refractivity contribution is -0.135. The van der Waals surface area contributed by atoms with E-state index in [0.717, 1.165) is 21.6 Å². The van der Waals surface area contributed by atoms with Crippen molar-refractivity contribution < 1.29 is 19.1 Å². The summed E-state index contributed by atoms with van der Waals surface area (Å²) in [6, 6.07) is 18.3. The summed E-state index contributed by atoms with van der Waals surface area (Å²) in [5.41, 5.74) is 1.61. The molecule has 1 fully saturated rings. The van der Waals surface area contributed by atoms with Gasteiger partial charge in [0.15, 0.2) is 0 Å². The Kier molecular flexibility index (Phi) is 7.24. The second-order valence-corrected chi connectivity index (χ2v) is 9.63. The van der Waals surface area contributed by atoms with Gasteiger partial charge in [0, 0.05) is 15.6 Å². The molecule has 36 heavy (non-hydrogen) atoms. The molecule has 1 unspecified atom stereocenters. The summed E-state index contributed by atoms with van der Waals surface area (Å²) in [5.74, 6) is -0.580. The van der Waals surface area contributed by atoms with Crippen LogP contribution in [0, 0.1) is 6.92 Å². The lowest BCUT2D eigenvalue weighted by atomic mass is 9.90. The van der Waals surface area contributed by atoms with Gasteiger partial charge in [-0.1, -0.05) is 59.1 Å². The van der Waals surface area contributed by atoms with Crippen LogP contribution in [0.2, 0.25) is 10.0 Å². The van der Waals surface area contributed by atoms with E-state index in [1.54, 1.807) is 67.6 Å². The van der Waals surface area contributed by atoms with Crippen LogP contribution >= 0.6 is 23.2 Å². The number of carbonyl (C=O) groups excluding carboxylic acids is 3. The van der Waals surface area contributed by atoms with Crippen molar-refractivity contribution in [3.8, 4) is 5.75 Å². The zero-order valence-corrected chi connectivity index (χ0v) is 21.5. The Bertz CT molecular complexity index is 1270. The molecule has 0 bridgehead atoms. The third-order valence-corrected chi connectivity index (χ3v) is 6.69. The summed E-state index contributed by atoms with van der Waals surface area (Å²) < 4.78 is 5.43. The first-order chi connectivity index (χ1) is 17.1. The summed E-state index contributed by atoms with van der Waals surface area (Å²) in [5, 5.41) is 6.78. The number of imide groups is 1. The summed E-state index contributed by atoms with van der Waals surface area (Å²) in [4.78, 5) is 40.3. The highest BCUT2D eigenvalue weighted by molar-refractivity contribution is 6.30. The molecule has 3 aromatic rings. The largest absolute Gasteiger partial charge is 0.496 e. The minimum absolute atomic E-state index is 0.452. The van der Waals surface area contributed by atoms with Crippen molar-refractivity contribution >= 4 is 41.0 Å². The highest BCUT2D eigenvalue weighted by atomic mass is 35.5. The van der Waals surface area contributed by atoms with Crippen LogP contribution in [0.4, 0.5) is 4.79 Å². The van der Waals surface area contributed by atoms with Crippen LogP contribution in [0.25, 0.3) is 0 Å². The molecule has 1 atom stereocenters. The molecule has 4 amide bonds. The molecule has 0 aromatic heterocycles. The minimum atomic E-state index is -1.37. The normalized spacial score (nSPS) is 17.3. The van der Waals surface area contributed by atoms with Crippen LogP contribution in [0.1, 0.15) is 35.2 Å². The van der Waals surface area contributed by atoms with Crippen LogP contribution in [-0.2, 0) is 15.1 Å². The number of ether oxygens (including phenoxy) is 1. The monoisotopic (exact) mass is 525 g/mol. The van der Waals surface area contributed by atoms with E-state index in [4.69, 9.17) is 27.9 Å². The fourth-order valence-electron chi connectivity index (χ4n) is 4.26. The fraction of sp³-hybridized carbons (Fsp3) is 0.222. The molecule has 1 saturated heterocycles. The first-order valence-electron chi connectivity index (χ1n) is 11.2. The van der Waals surface area contributed by atoms with E-state index in [-0.39, 0.29) is 0 Å². The van der Waals surface area contributed by atoms with Crippen molar-refractivity contribution in [3.05, 3.63) is 99.0 Å². The van der Waals surface area contributed by atoms with Gasteiger partial charge in [-0.15, -0.1) is 0 Å². The first kappa shape index (κ1) is 25.5. The quantitative estimate of drug-likeness (QED) is 0.425. The van der Waals surface area contributed by atoms with Gasteiger partial charge in [-0.05, 0) is 61.4 Å². The molecule has 2 N–H and O–H groups in total. The van der Waals surface area contributed by atoms with Crippen LogP contribution < -0.4 is 15.4 Å². The summed E-state index contributed by atoms with van der Waals surface area (Å²) in [6.45, 7) is 3.03. The Morgan fingerprint density at radius 3 is 2.08 bits per heavy atom. The fourth-order valence-corrected chi connectivity index (χ4v) is 4.51. The number of urea groups is 1. The van der Waals surface area contributed by atoms with Crippen molar-refractivity contribution in [1.82, 2.24) is 15.5 Å². The Hall–Kier alpha value is -3.55. The lowest BCUT2D eigenvalue weighted by Crippen LogP contribution is -2.44. The van der Waals surface area contributed by atoms with Crippen molar-refractivity contribution in [1.29, 1.82) is 0 Å². The maximum Gasteiger partial charge on any atom is 0.325 e. The molecule has 0 aliphatic carbocycles. The molecule has 1 aliphatic rings. The zero-order valence-electron chi connectivity index (χ0n) is 20.0. The topological polar surface area (TPSA) is 87.7 Å². The third-order valence-electron chi connectivity index (χ3n) is 6.18. The lowest BCUT2D eigenvalue weighted by Gasteiger charge is -2.25. The highest BCUT2D eigenvalue weighted by Gasteiger charge is 2.51. The van der Waals surface area contributed by atoms with Crippen LogP contribution in [0.15, 0.2) is 66.7 Å². The van der Waals surface area contributed by atoms with Gasteiger partial charge in [0.1, 0.15) is 17.8 Å². The first-order valence-corrected chi connectivity index (χ1v) is 12.0. The number of carbonyl (C=O) groups is 3. The van der Waals surface area contributed by atoms with Crippen molar-refractivity contribution in [3.63, 3.8) is 0 Å². The van der Waals surface area contributed by atoms with Gasteiger partial charge < -0.3 is 15.4 Å². The Labute approximate surface area is 219 Å². The van der Waals surface area contributed by atoms with Gasteiger partial charge in [0.05, 0.1) is 13.2 Å². The molecule has 1 aliphatic heterocycles. The van der Waals surface area contributed by atoms with Gasteiger partial charge in [-0.3, -0.25) is 14.5 Å². The molecule has 7 nitrogen and oxygen atoms in total. The number of rotatable bonds is 7. The number of nitrogens with zero attached hydrogens (tertiary/aromatic N) is 1. The third kappa shape index (κ3) is 5.03. The molecular formula is C27H25Cl2N3O4. The molecule has 1 heterocycles. The van der Waals surface area contributed by atoms with Gasteiger partial charge in [-0.25, -0.2) is 4.79 Å². The Morgan fingerprint density at radius 2 is 1.56 bits per heavy atom. The maximum atomic E-state index is 13.4. The second kappa shape index (κ2) is 10.2. The molecule has 0 radical (unpaired) electrons. The van der Waals surface area contributed by atoms with Crippen molar-refractivity contribution in [2.24, 2.45) is 0 Å². The SMILES string of the molecule is COc1ccc(C)cc1C1(C)NC(=O)N(CC(=O)NC(c2ccc(Cl)cc2)c2ccc(Cl)cc2)C1=O. The number of nitrogens with one attached hydrogen (secondary N) is 2. The molecule has 9 heteroatoms. The zero-order chi connectivity index (χ0) is 26.0. The number of aryl methyl sites for hydroxylation is 1. The van der Waals surface area contributed by atoms with E-state index >= 15 is 0 Å². The smallest absolute Gasteiger partial charge is 0.325 e. The molecule has 186 valence electrons. The van der Waals surface area contributed by atoms with Gasteiger partial charge in [-0.2, -0.15) is 0 Å². The molecule has 0 saturated carbocycles. The standard InChI is InChI=1S/C27H25Cl2N3O4/c1-16-4-13-22(36-3)21(14-16)27(2)25(34)32(26(35)31-27)15-23(33)30-24(17-5-9-19(28)10-6-17)18-7-11-20(29)12-8-18/h4-14,24H,15H2,1-3H3,(H,30,33)(H,31,35). The minimum Gasteiger partial charge on any atom is -0.496 e. The van der Waals surface area contributed by atoms with Gasteiger partial charge in [0.25, 0.3) is 5.91 Å². The van der Waals surface area contributed by atoms with E-state index in [1.807, 2.05) is 13.0 Å². The molecule has 0 spiro atoms. The maximum absolute atomic E-state index is 13.4. The van der Waals surface area contributed by atoms with Crippen molar-refractivity contribution in [2.45, 2.75) is 25.4 Å². The van der Waals surface area contributed by atoms with E-state index in [1.165, 1.54) is 7.11 Å². The average Bonchev–Trinajstić information content (AvgIpc) is 3.07. The summed E-state index contributed by atoms with van der Waals surface area (Å²) in [7, 11) is 1.50.